The van der Waals surface area contributed by atoms with E-state index < -0.39 is 6.23 Å². The maximum absolute atomic E-state index is 9.38. The third-order valence-electron chi connectivity index (χ3n) is 2.93. The molecular formula is C31H88N2O7. The van der Waals surface area contributed by atoms with Crippen LogP contribution < -0.4 is 0 Å². The van der Waals surface area contributed by atoms with E-state index in [1.165, 1.54) is 6.92 Å². The molecule has 1 unspecified atom stereocenters. The lowest BCUT2D eigenvalue weighted by Gasteiger charge is -2.26. The van der Waals surface area contributed by atoms with E-state index in [1.54, 1.807) is 13.2 Å². The maximum atomic E-state index is 9.38. The van der Waals surface area contributed by atoms with Gasteiger partial charge in [-0.25, -0.2) is 5.26 Å². The second-order valence-corrected chi connectivity index (χ2v) is 5.05. The monoisotopic (exact) mass is 601 g/mol. The van der Waals surface area contributed by atoms with Crippen LogP contribution >= 0.6 is 0 Å². The summed E-state index contributed by atoms with van der Waals surface area (Å²) >= 11 is 0. The van der Waals surface area contributed by atoms with E-state index in [9.17, 15) is 5.11 Å². The van der Waals surface area contributed by atoms with Gasteiger partial charge in [0, 0.05) is 33.3 Å². The zero-order valence-corrected chi connectivity index (χ0v) is 18.6. The Hall–Kier alpha value is -1.14. The van der Waals surface area contributed by atoms with E-state index in [1.807, 2.05) is 6.92 Å². The number of hydroxylamine groups is 2. The third-order valence-corrected chi connectivity index (χ3v) is 2.93. The molecule has 0 bridgehead atoms. The Balaban J connectivity index is -0.0000000245. The third kappa shape index (κ3) is 90.7. The largest absolute Gasteiger partial charge is 0.394 e. The number of hydrogen-bond acceptors (Lipinski definition) is 9. The highest BCUT2D eigenvalue weighted by Gasteiger charge is 2.14. The van der Waals surface area contributed by atoms with Gasteiger partial charge in [0.2, 0.25) is 0 Å². The van der Waals surface area contributed by atoms with Crippen LogP contribution in [0.25, 0.3) is 0 Å². The van der Waals surface area contributed by atoms with Gasteiger partial charge in [0.25, 0.3) is 0 Å². The summed E-state index contributed by atoms with van der Waals surface area (Å²) in [5.41, 5.74) is 0. The number of aliphatic hydroxyl groups excluding tert-OH is 2. The molecule has 0 aliphatic rings. The summed E-state index contributed by atoms with van der Waals surface area (Å²) in [5.74, 6) is 0. The lowest BCUT2D eigenvalue weighted by Crippen LogP contribution is -2.41. The summed E-state index contributed by atoms with van der Waals surface area (Å²) in [6, 6.07) is 0. The lowest BCUT2D eigenvalue weighted by atomic mass is 10.4. The number of ether oxygens (including phenoxy) is 3. The molecule has 0 saturated heterocycles. The Bertz CT molecular complexity index is 301. The number of nitrogens with zero attached hydrogens (tertiary/aromatic N) is 2. The van der Waals surface area contributed by atoms with Crippen LogP contribution in [-0.2, 0) is 19.2 Å². The van der Waals surface area contributed by atoms with Gasteiger partial charge in [0.15, 0.2) is 0 Å². The van der Waals surface area contributed by atoms with Gasteiger partial charge < -0.3 is 24.4 Å². The minimum atomic E-state index is -0.907. The van der Waals surface area contributed by atoms with Crippen molar-refractivity contribution in [2.24, 2.45) is 0 Å². The van der Waals surface area contributed by atoms with Crippen molar-refractivity contribution in [2.75, 3.05) is 72.9 Å². The molecule has 0 spiro atoms. The van der Waals surface area contributed by atoms with Crippen molar-refractivity contribution in [2.45, 2.75) is 102 Å². The Kier molecular flexibility index (Phi) is 241. The molecule has 264 valence electrons. The van der Waals surface area contributed by atoms with Gasteiger partial charge in [-0.3, -0.25) is 4.90 Å². The standard InChI is InChI=1S/C13H30N2O7.C3H6.2C2H4.11CH4/c1-13(17)15(22-18)4-3-14(5-8-20-10-7-16)6-9-21-12-11-19-2;1-3-2;2*1-2;;;;;;;;;;;/h13,16-18H,3-12H2,1-2H3;3H,1H2,2H3;2*1-2H2;11*1H4. The highest BCUT2D eigenvalue weighted by Crippen LogP contribution is 1.98. The molecule has 40 heavy (non-hydrogen) atoms. The highest BCUT2D eigenvalue weighted by atomic mass is 17.2. The summed E-state index contributed by atoms with van der Waals surface area (Å²) < 4.78 is 15.6. The van der Waals surface area contributed by atoms with Crippen molar-refractivity contribution < 1.29 is 34.7 Å². The van der Waals surface area contributed by atoms with E-state index in [4.69, 9.17) is 24.6 Å². The molecule has 3 N–H and O–H groups in total. The summed E-state index contributed by atoms with van der Waals surface area (Å²) in [6.45, 7) is 23.3. The summed E-state index contributed by atoms with van der Waals surface area (Å²) in [6.07, 6.45) is 0.843. The maximum Gasteiger partial charge on any atom is 0.130 e. The summed E-state index contributed by atoms with van der Waals surface area (Å²) in [5, 5.41) is 27.8. The molecule has 0 aromatic heterocycles. The normalized spacial score (nSPS) is 7.80. The lowest BCUT2D eigenvalue weighted by molar-refractivity contribution is -0.425. The van der Waals surface area contributed by atoms with Crippen molar-refractivity contribution in [3.05, 3.63) is 39.0 Å². The van der Waals surface area contributed by atoms with Crippen molar-refractivity contribution in [3.63, 3.8) is 0 Å². The Morgan fingerprint density at radius 3 is 1.30 bits per heavy atom. The van der Waals surface area contributed by atoms with Gasteiger partial charge in [-0.1, -0.05) is 87.8 Å². The molecule has 9 nitrogen and oxygen atoms in total. The van der Waals surface area contributed by atoms with E-state index in [0.717, 1.165) is 5.06 Å². The van der Waals surface area contributed by atoms with Crippen molar-refractivity contribution >= 4 is 0 Å². The van der Waals surface area contributed by atoms with E-state index >= 15 is 0 Å². The molecule has 0 rings (SSSR count). The zero-order valence-electron chi connectivity index (χ0n) is 18.6. The second-order valence-electron chi connectivity index (χ2n) is 5.05. The number of hydrogen-bond donors (Lipinski definition) is 3. The van der Waals surface area contributed by atoms with Crippen LogP contribution in [0, 0.1) is 0 Å². The topological polar surface area (TPSA) is 104 Å². The molecular weight excluding hydrogens is 512 g/mol. The first-order valence-corrected chi connectivity index (χ1v) is 9.38. The fourth-order valence-corrected chi connectivity index (χ4v) is 1.67. The Morgan fingerprint density at radius 1 is 0.675 bits per heavy atom. The average Bonchev–Trinajstić information content (AvgIpc) is 2.74. The molecule has 0 aliphatic heterocycles. The van der Waals surface area contributed by atoms with Gasteiger partial charge in [-0.2, -0.15) is 0 Å². The molecule has 9 heteroatoms. The minimum Gasteiger partial charge on any atom is -0.394 e. The predicted molar refractivity (Wildman–Crippen MR) is 192 cm³/mol. The predicted octanol–water partition coefficient (Wildman–Crippen LogP) is 8.80. The van der Waals surface area contributed by atoms with E-state index in [2.05, 4.69) is 42.8 Å². The van der Waals surface area contributed by atoms with E-state index in [0.29, 0.717) is 59.2 Å². The van der Waals surface area contributed by atoms with Gasteiger partial charge in [0.1, 0.15) is 6.23 Å². The molecule has 1 atom stereocenters. The molecule has 0 radical (unpaired) electrons. The van der Waals surface area contributed by atoms with Crippen LogP contribution in [0.2, 0.25) is 0 Å². The van der Waals surface area contributed by atoms with Crippen molar-refractivity contribution in [1.82, 2.24) is 9.96 Å². The minimum absolute atomic E-state index is 0. The van der Waals surface area contributed by atoms with Gasteiger partial charge in [-0.15, -0.1) is 42.9 Å². The fourth-order valence-electron chi connectivity index (χ4n) is 1.67. The summed E-state index contributed by atoms with van der Waals surface area (Å²) in [4.78, 5) is 6.16. The first-order valence-electron chi connectivity index (χ1n) is 9.38. The van der Waals surface area contributed by atoms with Crippen molar-refractivity contribution in [3.8, 4) is 0 Å². The number of aliphatic hydroxyl groups is 2. The Morgan fingerprint density at radius 2 is 1.02 bits per heavy atom. The van der Waals surface area contributed by atoms with Crippen molar-refractivity contribution in [1.29, 1.82) is 0 Å². The second kappa shape index (κ2) is 98.4. The number of rotatable bonds is 16. The van der Waals surface area contributed by atoms with Gasteiger partial charge in [-0.05, 0) is 13.8 Å². The molecule has 0 heterocycles. The highest BCUT2D eigenvalue weighted by molar-refractivity contribution is 4.60. The van der Waals surface area contributed by atoms with Crippen LogP contribution in [0.5, 0.6) is 0 Å². The van der Waals surface area contributed by atoms with Gasteiger partial charge in [0.05, 0.1) is 39.6 Å². The molecule has 0 aromatic rings. The van der Waals surface area contributed by atoms with Crippen LogP contribution in [0.15, 0.2) is 39.0 Å². The van der Waals surface area contributed by atoms with Crippen LogP contribution in [0.1, 0.15) is 95.5 Å². The molecule has 0 aromatic carbocycles. The molecule has 0 aliphatic carbocycles. The SMILES string of the molecule is C.C.C.C.C.C.C.C.C.C.C.C=C.C=C.C=CC.COCCOCCN(CCOCCO)CCN(OO)C(C)O. The summed E-state index contributed by atoms with van der Waals surface area (Å²) in [7, 11) is 1.62. The average molecular weight is 601 g/mol. The van der Waals surface area contributed by atoms with Crippen LogP contribution in [0.3, 0.4) is 0 Å². The molecule has 0 fully saturated rings. The van der Waals surface area contributed by atoms with Gasteiger partial charge >= 0.3 is 0 Å². The van der Waals surface area contributed by atoms with Crippen LogP contribution in [-0.4, -0.2) is 105 Å². The number of allylic oxidation sites excluding steroid dienone is 1. The smallest absolute Gasteiger partial charge is 0.130 e. The zero-order chi connectivity index (χ0) is 23.3. The fraction of sp³-hybridized carbons (Fsp3) is 0.806. The Labute approximate surface area is 258 Å². The first kappa shape index (κ1) is 97.8. The molecule has 0 amide bonds. The number of methoxy groups -OCH3 is 1. The first-order chi connectivity index (χ1) is 14.1. The molecule has 0 saturated carbocycles. The van der Waals surface area contributed by atoms with Crippen LogP contribution in [0.4, 0.5) is 0 Å². The van der Waals surface area contributed by atoms with E-state index in [-0.39, 0.29) is 88.3 Å². The quantitative estimate of drug-likeness (QED) is 0.0527.